The van der Waals surface area contributed by atoms with E-state index in [1.165, 1.54) is 38.5 Å². The molecule has 0 saturated carbocycles. The lowest BCUT2D eigenvalue weighted by atomic mass is 9.81. The molecule has 1 aliphatic heterocycles. The molecule has 1 heterocycles. The summed E-state index contributed by atoms with van der Waals surface area (Å²) < 4.78 is 13.1. The molecule has 0 bridgehead atoms. The molecule has 240 valence electrons. The molecule has 1 aliphatic rings. The zero-order valence-corrected chi connectivity index (χ0v) is 28.8. The number of phenols is 1. The van der Waals surface area contributed by atoms with Gasteiger partial charge in [-0.15, -0.1) is 0 Å². The van der Waals surface area contributed by atoms with Crippen molar-refractivity contribution in [2.75, 3.05) is 19.0 Å². The number of fused-ring (bicyclic) bond motifs is 1. The van der Waals surface area contributed by atoms with Crippen molar-refractivity contribution in [3.63, 3.8) is 0 Å². The Morgan fingerprint density at radius 1 is 0.907 bits per heavy atom. The maximum absolute atomic E-state index is 13.4. The van der Waals surface area contributed by atoms with E-state index in [0.29, 0.717) is 23.7 Å². The van der Waals surface area contributed by atoms with Gasteiger partial charge in [0.1, 0.15) is 23.2 Å². The van der Waals surface area contributed by atoms with Crippen LogP contribution in [0.4, 0.5) is 5.69 Å². The molecule has 0 amide bonds. The fraction of sp³-hybridized carbons (Fsp3) is 0.658. The highest BCUT2D eigenvalue weighted by Gasteiger charge is 2.45. The number of nitrogens with zero attached hydrogens (tertiary/aromatic N) is 1. The molecule has 0 saturated heterocycles. The second-order valence-electron chi connectivity index (χ2n) is 14.3. The number of ether oxygens (including phenoxy) is 2. The largest absolute Gasteiger partial charge is 0.507 e. The first kappa shape index (κ1) is 34.8. The number of rotatable bonds is 15. The third-order valence-electron chi connectivity index (χ3n) is 9.86. The molecule has 1 N–H and O–H groups in total. The van der Waals surface area contributed by atoms with Crippen LogP contribution in [0.15, 0.2) is 24.3 Å². The van der Waals surface area contributed by atoms with Crippen molar-refractivity contribution in [2.24, 2.45) is 17.8 Å². The normalized spacial score (nSPS) is 19.5. The summed E-state index contributed by atoms with van der Waals surface area (Å²) in [6, 6.07) is 7.52. The standard InChI is InChI=1S/C38H59NO4/c1-25(2)14-11-15-26(3)16-12-17-27(4)18-13-23-38(8)34(42-37(41)31-19-21-32(22-20-31)39(9)10)24-33-30(7)35(40)28(5)29(6)36(33)43-38/h19-22,25-27,34,40H,11-18,23-24H2,1-10H3/t26-,27+,34?,38-/m0/s1. The molecule has 5 nitrogen and oxygen atoms in total. The first-order chi connectivity index (χ1) is 20.2. The van der Waals surface area contributed by atoms with Gasteiger partial charge in [-0.3, -0.25) is 0 Å². The molecular formula is C38H59NO4. The summed E-state index contributed by atoms with van der Waals surface area (Å²) in [7, 11) is 3.96. The Kier molecular flexibility index (Phi) is 12.4. The van der Waals surface area contributed by atoms with Gasteiger partial charge in [0.15, 0.2) is 0 Å². The number of benzene rings is 2. The van der Waals surface area contributed by atoms with E-state index in [-0.39, 0.29) is 5.97 Å². The van der Waals surface area contributed by atoms with E-state index in [1.807, 2.05) is 64.0 Å². The lowest BCUT2D eigenvalue weighted by Gasteiger charge is -2.43. The van der Waals surface area contributed by atoms with Gasteiger partial charge in [-0.25, -0.2) is 4.79 Å². The van der Waals surface area contributed by atoms with Crippen molar-refractivity contribution in [2.45, 2.75) is 131 Å². The summed E-state index contributed by atoms with van der Waals surface area (Å²) in [6.07, 6.45) is 10.9. The molecule has 2 aromatic carbocycles. The second-order valence-corrected chi connectivity index (χ2v) is 14.3. The van der Waals surface area contributed by atoms with Crippen LogP contribution in [0, 0.1) is 38.5 Å². The van der Waals surface area contributed by atoms with Gasteiger partial charge in [0, 0.05) is 31.8 Å². The monoisotopic (exact) mass is 593 g/mol. The van der Waals surface area contributed by atoms with Gasteiger partial charge in [0.2, 0.25) is 0 Å². The number of carbonyl (C=O) groups excluding carboxylic acids is 1. The highest BCUT2D eigenvalue weighted by Crippen LogP contribution is 2.45. The fourth-order valence-electron chi connectivity index (χ4n) is 6.50. The third kappa shape index (κ3) is 9.16. The maximum atomic E-state index is 13.4. The molecule has 0 radical (unpaired) electrons. The minimum absolute atomic E-state index is 0.302. The summed E-state index contributed by atoms with van der Waals surface area (Å²) in [6.45, 7) is 17.4. The van der Waals surface area contributed by atoms with E-state index >= 15 is 0 Å². The van der Waals surface area contributed by atoms with E-state index in [9.17, 15) is 9.90 Å². The smallest absolute Gasteiger partial charge is 0.338 e. The number of carbonyl (C=O) groups is 1. The zero-order valence-electron chi connectivity index (χ0n) is 28.8. The molecule has 0 aliphatic carbocycles. The predicted octanol–water partition coefficient (Wildman–Crippen LogP) is 9.74. The van der Waals surface area contributed by atoms with Crippen molar-refractivity contribution in [3.05, 3.63) is 52.1 Å². The Labute approximate surface area is 262 Å². The molecule has 0 aromatic heterocycles. The van der Waals surface area contributed by atoms with Crippen molar-refractivity contribution in [1.29, 1.82) is 0 Å². The fourth-order valence-corrected chi connectivity index (χ4v) is 6.50. The van der Waals surface area contributed by atoms with Crippen LogP contribution in [0.25, 0.3) is 0 Å². The molecule has 4 atom stereocenters. The first-order valence-electron chi connectivity index (χ1n) is 16.7. The number of hydrogen-bond donors (Lipinski definition) is 1. The van der Waals surface area contributed by atoms with Gasteiger partial charge in [-0.1, -0.05) is 72.6 Å². The first-order valence-corrected chi connectivity index (χ1v) is 16.7. The molecule has 2 aromatic rings. The van der Waals surface area contributed by atoms with Crippen LogP contribution in [0.5, 0.6) is 11.5 Å². The van der Waals surface area contributed by atoms with Gasteiger partial charge < -0.3 is 19.5 Å². The van der Waals surface area contributed by atoms with Crippen molar-refractivity contribution >= 4 is 11.7 Å². The van der Waals surface area contributed by atoms with Crippen LogP contribution < -0.4 is 9.64 Å². The molecule has 0 fully saturated rings. The summed E-state index contributed by atoms with van der Waals surface area (Å²) >= 11 is 0. The summed E-state index contributed by atoms with van der Waals surface area (Å²) in [4.78, 5) is 15.4. The minimum Gasteiger partial charge on any atom is -0.507 e. The molecule has 5 heteroatoms. The Bertz CT molecular complexity index is 1200. The van der Waals surface area contributed by atoms with E-state index < -0.39 is 11.7 Å². The van der Waals surface area contributed by atoms with E-state index in [2.05, 4.69) is 34.6 Å². The predicted molar refractivity (Wildman–Crippen MR) is 180 cm³/mol. The molecule has 0 spiro atoms. The Morgan fingerprint density at radius 2 is 1.47 bits per heavy atom. The maximum Gasteiger partial charge on any atom is 0.338 e. The van der Waals surface area contributed by atoms with Gasteiger partial charge >= 0.3 is 5.97 Å². The van der Waals surface area contributed by atoms with E-state index in [4.69, 9.17) is 9.47 Å². The van der Waals surface area contributed by atoms with Crippen LogP contribution in [0.3, 0.4) is 0 Å². The van der Waals surface area contributed by atoms with Gasteiger partial charge in [-0.05, 0) is 99.2 Å². The molecular weight excluding hydrogens is 534 g/mol. The van der Waals surface area contributed by atoms with Crippen molar-refractivity contribution in [1.82, 2.24) is 0 Å². The lowest BCUT2D eigenvalue weighted by Crippen LogP contribution is -2.51. The van der Waals surface area contributed by atoms with Crippen molar-refractivity contribution in [3.8, 4) is 11.5 Å². The average molecular weight is 594 g/mol. The molecule has 3 rings (SSSR count). The minimum atomic E-state index is -0.655. The average Bonchev–Trinajstić information content (AvgIpc) is 2.95. The Morgan fingerprint density at radius 3 is 2.02 bits per heavy atom. The van der Waals surface area contributed by atoms with E-state index in [0.717, 1.165) is 64.8 Å². The van der Waals surface area contributed by atoms with Gasteiger partial charge in [0.25, 0.3) is 0 Å². The van der Waals surface area contributed by atoms with Crippen molar-refractivity contribution < 1.29 is 19.4 Å². The SMILES string of the molecule is Cc1c(C)c2c(c(C)c1O)CC(OC(=O)c1ccc(N(C)C)cc1)[C@](C)(CCC[C@H](C)CCC[C@@H](C)CCCC(C)C)O2. The van der Waals surface area contributed by atoms with Gasteiger partial charge in [0.05, 0.1) is 5.56 Å². The van der Waals surface area contributed by atoms with E-state index in [1.54, 1.807) is 0 Å². The number of anilines is 1. The summed E-state index contributed by atoms with van der Waals surface area (Å²) in [5, 5.41) is 10.8. The zero-order chi connectivity index (χ0) is 31.9. The number of phenolic OH excluding ortho intramolecular Hbond substituents is 1. The highest BCUT2D eigenvalue weighted by atomic mass is 16.6. The van der Waals surface area contributed by atoms with Gasteiger partial charge in [-0.2, -0.15) is 0 Å². The molecule has 43 heavy (non-hydrogen) atoms. The number of aromatic hydroxyl groups is 1. The quantitative estimate of drug-likeness (QED) is 0.208. The summed E-state index contributed by atoms with van der Waals surface area (Å²) in [5.41, 5.74) is 4.47. The Balaban J connectivity index is 1.68. The lowest BCUT2D eigenvalue weighted by molar-refractivity contribution is -0.0752. The van der Waals surface area contributed by atoms with Crippen LogP contribution in [-0.2, 0) is 11.2 Å². The van der Waals surface area contributed by atoms with Crippen LogP contribution in [-0.4, -0.2) is 36.9 Å². The Hall–Kier alpha value is -2.69. The second kappa shape index (κ2) is 15.3. The number of hydrogen-bond acceptors (Lipinski definition) is 5. The third-order valence-corrected chi connectivity index (χ3v) is 9.86. The highest BCUT2D eigenvalue weighted by molar-refractivity contribution is 5.90. The van der Waals surface area contributed by atoms with Crippen LogP contribution >= 0.6 is 0 Å². The summed E-state index contributed by atoms with van der Waals surface area (Å²) in [5.74, 6) is 3.08. The van der Waals surface area contributed by atoms with Crippen LogP contribution in [0.2, 0.25) is 0 Å². The topological polar surface area (TPSA) is 59.0 Å². The molecule has 1 unspecified atom stereocenters. The van der Waals surface area contributed by atoms with Crippen LogP contribution in [0.1, 0.15) is 125 Å². The number of esters is 1.